The van der Waals surface area contributed by atoms with Crippen LogP contribution >= 0.6 is 0 Å². The van der Waals surface area contributed by atoms with Crippen molar-refractivity contribution in [2.75, 3.05) is 13.1 Å². The van der Waals surface area contributed by atoms with Crippen molar-refractivity contribution >= 4 is 0 Å². The fourth-order valence-electron chi connectivity index (χ4n) is 5.72. The molecule has 0 aromatic rings. The summed E-state index contributed by atoms with van der Waals surface area (Å²) in [5, 5.41) is 3.68. The molecule has 0 aromatic carbocycles. The third kappa shape index (κ3) is 36.0. The van der Waals surface area contributed by atoms with Gasteiger partial charge in [-0.3, -0.25) is 0 Å². The lowest BCUT2D eigenvalue weighted by Crippen LogP contribution is -2.16. The molecule has 0 atom stereocenters. The smallest absolute Gasteiger partial charge is 0.00489 e. The Hall–Kier alpha value is -0.0400. The van der Waals surface area contributed by atoms with Crippen LogP contribution in [0.1, 0.15) is 219 Å². The van der Waals surface area contributed by atoms with Crippen LogP contribution in [0.15, 0.2) is 0 Å². The minimum absolute atomic E-state index is 1.25. The first-order valence-electron chi connectivity index (χ1n) is 18.1. The van der Waals surface area contributed by atoms with Gasteiger partial charge in [-0.25, -0.2) is 0 Å². The summed E-state index contributed by atoms with van der Waals surface area (Å²) in [5.74, 6) is 0. The highest BCUT2D eigenvalue weighted by Crippen LogP contribution is 2.15. The summed E-state index contributed by atoms with van der Waals surface area (Å²) in [6.45, 7) is 7.11. The van der Waals surface area contributed by atoms with Gasteiger partial charge in [0.15, 0.2) is 0 Å². The summed E-state index contributed by atoms with van der Waals surface area (Å²) in [6, 6.07) is 0. The molecule has 0 aliphatic rings. The first kappa shape index (κ1) is 37.0. The molecule has 1 heteroatoms. The van der Waals surface area contributed by atoms with Gasteiger partial charge in [-0.2, -0.15) is 0 Å². The Kier molecular flexibility index (Phi) is 35.9. The zero-order valence-corrected chi connectivity index (χ0v) is 26.5. The Balaban J connectivity index is 3.00. The molecule has 0 saturated carbocycles. The Labute approximate surface area is 237 Å². The Bertz CT molecular complexity index is 332. The van der Waals surface area contributed by atoms with Gasteiger partial charge in [-0.1, -0.05) is 206 Å². The number of hydrogen-bond donors (Lipinski definition) is 1. The maximum absolute atomic E-state index is 3.68. The van der Waals surface area contributed by atoms with Crippen LogP contribution in [-0.2, 0) is 0 Å². The van der Waals surface area contributed by atoms with Crippen molar-refractivity contribution in [1.29, 1.82) is 0 Å². The van der Waals surface area contributed by atoms with Crippen LogP contribution in [0.2, 0.25) is 0 Å². The lowest BCUT2D eigenvalue weighted by molar-refractivity contribution is 0.515. The van der Waals surface area contributed by atoms with Gasteiger partial charge in [0, 0.05) is 0 Å². The second kappa shape index (κ2) is 36.0. The third-order valence-electron chi connectivity index (χ3n) is 8.41. The topological polar surface area (TPSA) is 12.0 Å². The number of unbranched alkanes of at least 4 members (excludes halogenated alkanes) is 30. The van der Waals surface area contributed by atoms with Gasteiger partial charge in [-0.15, -0.1) is 0 Å². The van der Waals surface area contributed by atoms with Gasteiger partial charge in [-0.05, 0) is 25.9 Å². The molecule has 0 amide bonds. The standard InChI is InChI=1S/C36H75N/c1-3-5-7-9-11-13-15-17-19-20-21-22-24-26-28-30-32-34-36-37-35-33-31-29-27-25-23-18-16-14-12-10-8-6-4-2/h37H,3-36H2,1-2H3. The summed E-state index contributed by atoms with van der Waals surface area (Å²) in [6.07, 6.45) is 46.7. The highest BCUT2D eigenvalue weighted by molar-refractivity contribution is 4.54. The fraction of sp³-hybridized carbons (Fsp3) is 1.00. The molecule has 0 saturated heterocycles. The molecule has 0 rings (SSSR count). The van der Waals surface area contributed by atoms with Crippen molar-refractivity contribution in [2.24, 2.45) is 0 Å². The van der Waals surface area contributed by atoms with Crippen LogP contribution in [0.5, 0.6) is 0 Å². The van der Waals surface area contributed by atoms with Gasteiger partial charge in [0.25, 0.3) is 0 Å². The molecule has 0 radical (unpaired) electrons. The molecule has 1 nitrogen and oxygen atoms in total. The Morgan fingerprint density at radius 2 is 0.378 bits per heavy atom. The van der Waals surface area contributed by atoms with E-state index in [1.807, 2.05) is 0 Å². The number of nitrogens with one attached hydrogen (secondary N) is 1. The first-order valence-corrected chi connectivity index (χ1v) is 18.1. The summed E-state index contributed by atoms with van der Waals surface area (Å²) in [5.41, 5.74) is 0. The van der Waals surface area contributed by atoms with E-state index in [1.165, 1.54) is 219 Å². The predicted octanol–water partition coefficient (Wildman–Crippen LogP) is 13.1. The molecule has 1 N–H and O–H groups in total. The maximum Gasteiger partial charge on any atom is -0.00489 e. The number of hydrogen-bond acceptors (Lipinski definition) is 1. The molecular formula is C36H75N. The lowest BCUT2D eigenvalue weighted by atomic mass is 10.0. The van der Waals surface area contributed by atoms with Crippen molar-refractivity contribution in [3.05, 3.63) is 0 Å². The Morgan fingerprint density at radius 1 is 0.216 bits per heavy atom. The summed E-state index contributed by atoms with van der Waals surface area (Å²) in [4.78, 5) is 0. The van der Waals surface area contributed by atoms with Gasteiger partial charge in [0.2, 0.25) is 0 Å². The van der Waals surface area contributed by atoms with Crippen LogP contribution in [0.4, 0.5) is 0 Å². The van der Waals surface area contributed by atoms with Crippen LogP contribution < -0.4 is 5.32 Å². The molecule has 0 heterocycles. The van der Waals surface area contributed by atoms with E-state index < -0.39 is 0 Å². The average Bonchev–Trinajstić information content (AvgIpc) is 2.91. The minimum Gasteiger partial charge on any atom is -0.317 e. The molecule has 0 aliphatic heterocycles. The maximum atomic E-state index is 3.68. The van der Waals surface area contributed by atoms with Crippen LogP contribution in [0, 0.1) is 0 Å². The first-order chi connectivity index (χ1) is 18.4. The van der Waals surface area contributed by atoms with Gasteiger partial charge in [0.1, 0.15) is 0 Å². The zero-order valence-electron chi connectivity index (χ0n) is 26.5. The predicted molar refractivity (Wildman–Crippen MR) is 172 cm³/mol. The van der Waals surface area contributed by atoms with E-state index in [0.717, 1.165) is 0 Å². The highest BCUT2D eigenvalue weighted by Gasteiger charge is 1.97. The van der Waals surface area contributed by atoms with Crippen molar-refractivity contribution in [1.82, 2.24) is 5.32 Å². The van der Waals surface area contributed by atoms with Crippen molar-refractivity contribution in [2.45, 2.75) is 219 Å². The molecule has 37 heavy (non-hydrogen) atoms. The average molecular weight is 522 g/mol. The molecular weight excluding hydrogens is 446 g/mol. The second-order valence-electron chi connectivity index (χ2n) is 12.4. The van der Waals surface area contributed by atoms with Crippen LogP contribution in [-0.4, -0.2) is 13.1 Å². The lowest BCUT2D eigenvalue weighted by Gasteiger charge is -2.06. The monoisotopic (exact) mass is 522 g/mol. The molecule has 0 unspecified atom stereocenters. The minimum atomic E-state index is 1.25. The van der Waals surface area contributed by atoms with E-state index in [4.69, 9.17) is 0 Å². The summed E-state index contributed by atoms with van der Waals surface area (Å²) >= 11 is 0. The van der Waals surface area contributed by atoms with Gasteiger partial charge in [0.05, 0.1) is 0 Å². The molecule has 0 aliphatic carbocycles. The second-order valence-corrected chi connectivity index (χ2v) is 12.4. The third-order valence-corrected chi connectivity index (χ3v) is 8.41. The van der Waals surface area contributed by atoms with E-state index in [9.17, 15) is 0 Å². The highest BCUT2D eigenvalue weighted by atomic mass is 14.8. The van der Waals surface area contributed by atoms with Crippen molar-refractivity contribution in [3.8, 4) is 0 Å². The van der Waals surface area contributed by atoms with Gasteiger partial charge < -0.3 is 5.32 Å². The van der Waals surface area contributed by atoms with E-state index in [2.05, 4.69) is 19.2 Å². The van der Waals surface area contributed by atoms with Crippen LogP contribution in [0.3, 0.4) is 0 Å². The van der Waals surface area contributed by atoms with Crippen molar-refractivity contribution in [3.63, 3.8) is 0 Å². The molecule has 0 aromatic heterocycles. The fourth-order valence-corrected chi connectivity index (χ4v) is 5.72. The quantitative estimate of drug-likeness (QED) is 0.0830. The van der Waals surface area contributed by atoms with E-state index in [1.54, 1.807) is 0 Å². The van der Waals surface area contributed by atoms with E-state index in [0.29, 0.717) is 0 Å². The largest absolute Gasteiger partial charge is 0.317 e. The molecule has 0 fully saturated rings. The summed E-state index contributed by atoms with van der Waals surface area (Å²) in [7, 11) is 0. The zero-order chi connectivity index (χ0) is 26.7. The Morgan fingerprint density at radius 3 is 0.568 bits per heavy atom. The van der Waals surface area contributed by atoms with Crippen LogP contribution in [0.25, 0.3) is 0 Å². The van der Waals surface area contributed by atoms with Gasteiger partial charge >= 0.3 is 0 Å². The van der Waals surface area contributed by atoms with Crippen molar-refractivity contribution < 1.29 is 0 Å². The summed E-state index contributed by atoms with van der Waals surface area (Å²) < 4.78 is 0. The SMILES string of the molecule is CCCCCCCCCCCCCCCCCCCCNCCCCCCCCCCCCCCCC. The number of rotatable bonds is 34. The molecule has 0 spiro atoms. The normalized spacial score (nSPS) is 11.5. The van der Waals surface area contributed by atoms with E-state index in [-0.39, 0.29) is 0 Å². The van der Waals surface area contributed by atoms with E-state index >= 15 is 0 Å². The molecule has 0 bridgehead atoms. The molecule has 224 valence electrons.